The first kappa shape index (κ1) is 27.6. The normalized spacial score (nSPS) is 11.5. The van der Waals surface area contributed by atoms with Crippen molar-refractivity contribution in [2.45, 2.75) is 45.2 Å². The quantitative estimate of drug-likeness (QED) is 0.265. The average molecular weight is 527 g/mol. The van der Waals surface area contributed by atoms with Gasteiger partial charge < -0.3 is 15.0 Å². The van der Waals surface area contributed by atoms with Crippen LogP contribution >= 0.6 is 23.2 Å². The summed E-state index contributed by atoms with van der Waals surface area (Å²) in [7, 11) is 0. The first-order valence-corrected chi connectivity index (χ1v) is 13.0. The van der Waals surface area contributed by atoms with Gasteiger partial charge in [-0.1, -0.05) is 72.6 Å². The van der Waals surface area contributed by atoms with Gasteiger partial charge in [0.25, 0.3) is 0 Å². The summed E-state index contributed by atoms with van der Waals surface area (Å²) in [5.41, 5.74) is 1.90. The van der Waals surface area contributed by atoms with Crippen LogP contribution in [0.4, 0.5) is 0 Å². The standard InChI is InChI=1S/C29H32Cl2N2O3/c1-2-18-32-29(35)27(20-22-7-4-3-5-8-22)33(21-23-10-12-24(30)13-11-23)28(34)9-6-19-36-26-16-14-25(31)15-17-26/h3-5,7-8,10-17,27H,2,6,9,18-21H2,1H3,(H,32,35)/t27-/m0/s1. The SMILES string of the molecule is CCCNC(=O)[C@H](Cc1ccccc1)N(Cc1ccc(Cl)cc1)C(=O)CCCOc1ccc(Cl)cc1. The predicted octanol–water partition coefficient (Wildman–Crippen LogP) is 6.32. The molecule has 190 valence electrons. The zero-order chi connectivity index (χ0) is 25.8. The molecule has 7 heteroatoms. The molecule has 0 aliphatic heterocycles. The van der Waals surface area contributed by atoms with Crippen molar-refractivity contribution >= 4 is 35.0 Å². The number of ether oxygens (including phenoxy) is 1. The van der Waals surface area contributed by atoms with Crippen LogP contribution < -0.4 is 10.1 Å². The molecule has 36 heavy (non-hydrogen) atoms. The third-order valence-electron chi connectivity index (χ3n) is 5.70. The van der Waals surface area contributed by atoms with Gasteiger partial charge >= 0.3 is 0 Å². The highest BCUT2D eigenvalue weighted by Gasteiger charge is 2.30. The Labute approximate surface area is 223 Å². The Balaban J connectivity index is 1.76. The van der Waals surface area contributed by atoms with Crippen molar-refractivity contribution in [3.05, 3.63) is 100 Å². The molecule has 0 radical (unpaired) electrons. The Hall–Kier alpha value is -3.02. The minimum atomic E-state index is -0.640. The van der Waals surface area contributed by atoms with Gasteiger partial charge in [-0.25, -0.2) is 0 Å². The van der Waals surface area contributed by atoms with Crippen LogP contribution in [-0.4, -0.2) is 35.9 Å². The van der Waals surface area contributed by atoms with Crippen LogP contribution in [0.15, 0.2) is 78.9 Å². The molecule has 0 aliphatic rings. The summed E-state index contributed by atoms with van der Waals surface area (Å²) in [5, 5.41) is 4.25. The lowest BCUT2D eigenvalue weighted by molar-refractivity contribution is -0.141. The van der Waals surface area contributed by atoms with Gasteiger partial charge in [-0.2, -0.15) is 0 Å². The minimum absolute atomic E-state index is 0.0998. The van der Waals surface area contributed by atoms with E-state index >= 15 is 0 Å². The molecule has 0 fully saturated rings. The van der Waals surface area contributed by atoms with Gasteiger partial charge in [-0.3, -0.25) is 9.59 Å². The van der Waals surface area contributed by atoms with E-state index in [2.05, 4.69) is 5.32 Å². The van der Waals surface area contributed by atoms with Crippen LogP contribution in [0.3, 0.4) is 0 Å². The average Bonchev–Trinajstić information content (AvgIpc) is 2.89. The lowest BCUT2D eigenvalue weighted by Crippen LogP contribution is -2.50. The van der Waals surface area contributed by atoms with E-state index in [9.17, 15) is 9.59 Å². The molecule has 3 rings (SSSR count). The summed E-state index contributed by atoms with van der Waals surface area (Å²) in [5.74, 6) is 0.448. The highest BCUT2D eigenvalue weighted by atomic mass is 35.5. The smallest absolute Gasteiger partial charge is 0.243 e. The van der Waals surface area contributed by atoms with Crippen molar-refractivity contribution in [1.29, 1.82) is 0 Å². The number of nitrogens with one attached hydrogen (secondary N) is 1. The summed E-state index contributed by atoms with van der Waals surface area (Å²) in [6.07, 6.45) is 2.02. The molecule has 0 saturated carbocycles. The Morgan fingerprint density at radius 1 is 0.889 bits per heavy atom. The van der Waals surface area contributed by atoms with Crippen LogP contribution in [0.2, 0.25) is 10.0 Å². The van der Waals surface area contributed by atoms with Crippen molar-refractivity contribution in [2.75, 3.05) is 13.2 Å². The summed E-state index contributed by atoms with van der Waals surface area (Å²) in [6, 6.07) is 23.6. The highest BCUT2D eigenvalue weighted by molar-refractivity contribution is 6.30. The summed E-state index contributed by atoms with van der Waals surface area (Å²) < 4.78 is 5.76. The number of carbonyl (C=O) groups is 2. The fourth-order valence-electron chi connectivity index (χ4n) is 3.79. The third kappa shape index (κ3) is 8.89. The molecule has 0 aromatic heterocycles. The fraction of sp³-hybridized carbons (Fsp3) is 0.310. The van der Waals surface area contributed by atoms with Crippen molar-refractivity contribution in [2.24, 2.45) is 0 Å². The van der Waals surface area contributed by atoms with Crippen LogP contribution in [0.5, 0.6) is 5.75 Å². The van der Waals surface area contributed by atoms with E-state index in [4.69, 9.17) is 27.9 Å². The molecule has 1 N–H and O–H groups in total. The van der Waals surface area contributed by atoms with Gasteiger partial charge in [0.1, 0.15) is 11.8 Å². The zero-order valence-corrected chi connectivity index (χ0v) is 22.0. The number of hydrogen-bond donors (Lipinski definition) is 1. The van der Waals surface area contributed by atoms with Gasteiger partial charge in [0.05, 0.1) is 6.61 Å². The van der Waals surface area contributed by atoms with E-state index in [1.54, 1.807) is 41.3 Å². The number of carbonyl (C=O) groups excluding carboxylic acids is 2. The second-order valence-corrected chi connectivity index (χ2v) is 9.42. The maximum atomic E-state index is 13.5. The molecular formula is C29H32Cl2N2O3. The number of nitrogens with zero attached hydrogens (tertiary/aromatic N) is 1. The Morgan fingerprint density at radius 2 is 1.53 bits per heavy atom. The molecular weight excluding hydrogens is 495 g/mol. The molecule has 0 saturated heterocycles. The largest absolute Gasteiger partial charge is 0.494 e. The number of rotatable bonds is 13. The second-order valence-electron chi connectivity index (χ2n) is 8.55. The van der Waals surface area contributed by atoms with Gasteiger partial charge in [0.2, 0.25) is 11.8 Å². The molecule has 0 bridgehead atoms. The lowest BCUT2D eigenvalue weighted by Gasteiger charge is -2.31. The van der Waals surface area contributed by atoms with Crippen molar-refractivity contribution in [1.82, 2.24) is 10.2 Å². The summed E-state index contributed by atoms with van der Waals surface area (Å²) in [6.45, 7) is 3.25. The molecule has 2 amide bonds. The predicted molar refractivity (Wildman–Crippen MR) is 145 cm³/mol. The third-order valence-corrected chi connectivity index (χ3v) is 6.21. The van der Waals surface area contributed by atoms with E-state index in [0.29, 0.717) is 48.3 Å². The molecule has 0 heterocycles. The molecule has 0 aliphatic carbocycles. The maximum Gasteiger partial charge on any atom is 0.243 e. The summed E-state index contributed by atoms with van der Waals surface area (Å²) >= 11 is 12.0. The van der Waals surface area contributed by atoms with Gasteiger partial charge in [0.15, 0.2) is 0 Å². The summed E-state index contributed by atoms with van der Waals surface area (Å²) in [4.78, 5) is 28.5. The Morgan fingerprint density at radius 3 is 2.17 bits per heavy atom. The molecule has 0 spiro atoms. The molecule has 3 aromatic carbocycles. The molecule has 0 unspecified atom stereocenters. The van der Waals surface area contributed by atoms with E-state index in [1.807, 2.05) is 49.4 Å². The Bertz CT molecular complexity index is 1090. The van der Waals surface area contributed by atoms with Crippen LogP contribution in [0.1, 0.15) is 37.3 Å². The van der Waals surface area contributed by atoms with E-state index in [1.165, 1.54) is 0 Å². The molecule has 3 aromatic rings. The maximum absolute atomic E-state index is 13.5. The van der Waals surface area contributed by atoms with Crippen molar-refractivity contribution < 1.29 is 14.3 Å². The first-order valence-electron chi connectivity index (χ1n) is 12.2. The van der Waals surface area contributed by atoms with Crippen molar-refractivity contribution in [3.8, 4) is 5.75 Å². The lowest BCUT2D eigenvalue weighted by atomic mass is 10.0. The number of halogens is 2. The second kappa shape index (κ2) is 14.5. The van der Waals surface area contributed by atoms with Crippen LogP contribution in [-0.2, 0) is 22.6 Å². The topological polar surface area (TPSA) is 58.6 Å². The molecule has 1 atom stereocenters. The first-order chi connectivity index (χ1) is 17.5. The Kier molecular flexibility index (Phi) is 11.1. The number of hydrogen-bond acceptors (Lipinski definition) is 3. The van der Waals surface area contributed by atoms with Gasteiger partial charge in [-0.05, 0) is 60.4 Å². The zero-order valence-electron chi connectivity index (χ0n) is 20.5. The van der Waals surface area contributed by atoms with Crippen LogP contribution in [0.25, 0.3) is 0 Å². The van der Waals surface area contributed by atoms with E-state index in [0.717, 1.165) is 17.5 Å². The monoisotopic (exact) mass is 526 g/mol. The fourth-order valence-corrected chi connectivity index (χ4v) is 4.05. The number of benzene rings is 3. The van der Waals surface area contributed by atoms with E-state index in [-0.39, 0.29) is 18.2 Å². The number of amides is 2. The van der Waals surface area contributed by atoms with Crippen LogP contribution in [0, 0.1) is 0 Å². The van der Waals surface area contributed by atoms with Gasteiger partial charge in [0, 0.05) is 36.0 Å². The minimum Gasteiger partial charge on any atom is -0.494 e. The van der Waals surface area contributed by atoms with Crippen molar-refractivity contribution in [3.63, 3.8) is 0 Å². The highest BCUT2D eigenvalue weighted by Crippen LogP contribution is 2.19. The van der Waals surface area contributed by atoms with Gasteiger partial charge in [-0.15, -0.1) is 0 Å². The molecule has 5 nitrogen and oxygen atoms in total. The van der Waals surface area contributed by atoms with E-state index < -0.39 is 6.04 Å².